The highest BCUT2D eigenvalue weighted by Crippen LogP contribution is 2.20. The number of carbonyl (C=O) groups excluding carboxylic acids is 2. The van der Waals surface area contributed by atoms with E-state index in [-0.39, 0.29) is 36.3 Å². The number of hydrogen-bond donors (Lipinski definition) is 4. The number of fused-ring (bicyclic) bond motifs is 1. The minimum atomic E-state index is -4.09. The van der Waals surface area contributed by atoms with E-state index in [4.69, 9.17) is 10.9 Å². The Morgan fingerprint density at radius 2 is 1.65 bits per heavy atom. The van der Waals surface area contributed by atoms with Gasteiger partial charge in [-0.3, -0.25) is 4.79 Å². The average Bonchev–Trinajstić information content (AvgIpc) is 3.03. The largest absolute Gasteiger partial charge is 0.409 e. The van der Waals surface area contributed by atoms with Gasteiger partial charge in [0.1, 0.15) is 6.04 Å². The summed E-state index contributed by atoms with van der Waals surface area (Å²) in [4.78, 5) is 29.8. The van der Waals surface area contributed by atoms with Crippen molar-refractivity contribution in [1.82, 2.24) is 19.8 Å². The van der Waals surface area contributed by atoms with Crippen molar-refractivity contribution in [1.29, 1.82) is 0 Å². The fraction of sp³-hybridized carbons (Fsp3) is 0.387. The highest BCUT2D eigenvalue weighted by atomic mass is 32.2. The molecule has 0 unspecified atom stereocenters. The molecule has 4 rings (SSSR count). The second-order valence-electron chi connectivity index (χ2n) is 10.7. The van der Waals surface area contributed by atoms with Crippen molar-refractivity contribution >= 4 is 38.6 Å². The summed E-state index contributed by atoms with van der Waals surface area (Å²) in [6.45, 7) is 3.99. The molecule has 3 aromatic rings. The third kappa shape index (κ3) is 8.45. The van der Waals surface area contributed by atoms with Gasteiger partial charge < -0.3 is 26.1 Å². The number of urea groups is 1. The Balaban J connectivity index is 1.50. The summed E-state index contributed by atoms with van der Waals surface area (Å²) in [7, 11) is -4.09. The molecule has 0 bridgehead atoms. The van der Waals surface area contributed by atoms with Crippen LogP contribution in [0.15, 0.2) is 76.8 Å². The highest BCUT2D eigenvalue weighted by molar-refractivity contribution is 7.89. The van der Waals surface area contributed by atoms with Crippen LogP contribution < -0.4 is 15.8 Å². The molecule has 0 aliphatic carbocycles. The van der Waals surface area contributed by atoms with Crippen LogP contribution in [0.4, 0.5) is 4.79 Å². The molecule has 5 N–H and O–H groups in total. The van der Waals surface area contributed by atoms with Gasteiger partial charge in [0, 0.05) is 38.3 Å². The van der Waals surface area contributed by atoms with Crippen LogP contribution in [0.3, 0.4) is 0 Å². The number of rotatable bonds is 12. The second-order valence-corrected chi connectivity index (χ2v) is 12.4. The maximum atomic E-state index is 13.8. The quantitative estimate of drug-likeness (QED) is 0.0813. The number of nitrogens with two attached hydrogens (primary N) is 1. The van der Waals surface area contributed by atoms with E-state index < -0.39 is 22.0 Å². The van der Waals surface area contributed by atoms with Crippen LogP contribution in [0.5, 0.6) is 0 Å². The number of piperazine rings is 1. The molecule has 0 spiro atoms. The minimum Gasteiger partial charge on any atom is -0.409 e. The maximum Gasteiger partial charge on any atom is 0.317 e. The molecule has 3 aromatic carbocycles. The summed E-state index contributed by atoms with van der Waals surface area (Å²) in [5.41, 5.74) is 6.83. The molecule has 230 valence electrons. The van der Waals surface area contributed by atoms with Crippen molar-refractivity contribution in [3.63, 3.8) is 0 Å². The van der Waals surface area contributed by atoms with Crippen LogP contribution in [0.25, 0.3) is 10.8 Å². The van der Waals surface area contributed by atoms with Crippen LogP contribution in [-0.2, 0) is 21.2 Å². The molecular weight excluding hydrogens is 568 g/mol. The summed E-state index contributed by atoms with van der Waals surface area (Å²) in [6, 6.07) is 17.7. The zero-order chi connectivity index (χ0) is 30.8. The molecule has 1 heterocycles. The molecule has 0 saturated carbocycles. The Bertz CT molecular complexity index is 1550. The van der Waals surface area contributed by atoms with Gasteiger partial charge in [-0.05, 0) is 47.4 Å². The van der Waals surface area contributed by atoms with Crippen molar-refractivity contribution in [2.45, 2.75) is 50.0 Å². The maximum absolute atomic E-state index is 13.8. The summed E-state index contributed by atoms with van der Waals surface area (Å²) >= 11 is 0. The monoisotopic (exact) mass is 608 g/mol. The number of carbonyl (C=O) groups is 2. The molecule has 1 saturated heterocycles. The lowest BCUT2D eigenvalue weighted by molar-refractivity contribution is -0.134. The summed E-state index contributed by atoms with van der Waals surface area (Å²) in [5, 5.41) is 16.7. The molecule has 43 heavy (non-hydrogen) atoms. The van der Waals surface area contributed by atoms with Crippen molar-refractivity contribution in [3.8, 4) is 0 Å². The van der Waals surface area contributed by atoms with Crippen LogP contribution in [0, 0.1) is 0 Å². The Kier molecular flexibility index (Phi) is 11.0. The fourth-order valence-electron chi connectivity index (χ4n) is 5.13. The first-order valence-corrected chi connectivity index (χ1v) is 16.1. The Labute approximate surface area is 252 Å². The number of nitrogens with zero attached hydrogens (tertiary/aromatic N) is 3. The molecule has 12 heteroatoms. The van der Waals surface area contributed by atoms with Crippen LogP contribution in [-0.4, -0.2) is 80.0 Å². The van der Waals surface area contributed by atoms with E-state index in [1.54, 1.807) is 46.2 Å². The first-order chi connectivity index (χ1) is 20.7. The SMILES string of the molecule is CCCCCCNC(=O)N1CCN(C(=O)[C@H](Cc2cccc(C(N)=NO)c2)NS(=O)(=O)c2ccc3ccccc3c2)CC1. The van der Waals surface area contributed by atoms with Crippen molar-refractivity contribution < 1.29 is 23.2 Å². The predicted octanol–water partition coefficient (Wildman–Crippen LogP) is 3.26. The Hall–Kier alpha value is -4.16. The standard InChI is InChI=1S/C31H40N6O5S/c1-2-3-4-7-15-33-31(39)37-18-16-36(17-19-37)30(38)28(21-23-9-8-12-26(20-23)29(32)34-40)35-43(41,42)27-14-13-24-10-5-6-11-25(24)22-27/h5-6,8-14,20,22,28,35,40H,2-4,7,15-19,21H2,1H3,(H2,32,34)(H,33,39)/t28-/m0/s1. The lowest BCUT2D eigenvalue weighted by Gasteiger charge is -2.36. The molecular formula is C31H40N6O5S. The van der Waals surface area contributed by atoms with Gasteiger partial charge in [-0.1, -0.05) is 79.9 Å². The second kappa shape index (κ2) is 14.8. The molecule has 0 radical (unpaired) electrons. The first-order valence-electron chi connectivity index (χ1n) is 14.6. The van der Waals surface area contributed by atoms with Crippen molar-refractivity contribution in [2.24, 2.45) is 10.9 Å². The Morgan fingerprint density at radius 1 is 0.930 bits per heavy atom. The lowest BCUT2D eigenvalue weighted by Crippen LogP contribution is -2.57. The molecule has 1 fully saturated rings. The van der Waals surface area contributed by atoms with E-state index in [1.807, 2.05) is 24.3 Å². The number of amides is 3. The first kappa shape index (κ1) is 31.8. The predicted molar refractivity (Wildman–Crippen MR) is 166 cm³/mol. The molecule has 1 aliphatic rings. The van der Waals surface area contributed by atoms with E-state index in [0.717, 1.165) is 36.5 Å². The number of sulfonamides is 1. The number of unbranched alkanes of at least 4 members (excludes halogenated alkanes) is 3. The van der Waals surface area contributed by atoms with Gasteiger partial charge in [-0.15, -0.1) is 0 Å². The number of nitrogens with one attached hydrogen (secondary N) is 2. The van der Waals surface area contributed by atoms with Crippen molar-refractivity contribution in [3.05, 3.63) is 77.9 Å². The van der Waals surface area contributed by atoms with Gasteiger partial charge in [0.05, 0.1) is 4.90 Å². The molecule has 0 aromatic heterocycles. The molecule has 3 amide bonds. The zero-order valence-corrected chi connectivity index (χ0v) is 25.2. The van der Waals surface area contributed by atoms with Crippen LogP contribution >= 0.6 is 0 Å². The topological polar surface area (TPSA) is 157 Å². The summed E-state index contributed by atoms with van der Waals surface area (Å²) in [5.74, 6) is -0.487. The van der Waals surface area contributed by atoms with Crippen LogP contribution in [0.1, 0.15) is 43.7 Å². The van der Waals surface area contributed by atoms with Gasteiger partial charge in [0.2, 0.25) is 15.9 Å². The highest BCUT2D eigenvalue weighted by Gasteiger charge is 2.32. The van der Waals surface area contributed by atoms with Gasteiger partial charge in [-0.2, -0.15) is 4.72 Å². The van der Waals surface area contributed by atoms with E-state index in [1.165, 1.54) is 6.07 Å². The minimum absolute atomic E-state index is 0.0383. The summed E-state index contributed by atoms with van der Waals surface area (Å²) < 4.78 is 29.8. The average molecular weight is 609 g/mol. The molecule has 1 atom stereocenters. The fourth-order valence-corrected chi connectivity index (χ4v) is 6.35. The molecule has 11 nitrogen and oxygen atoms in total. The third-order valence-electron chi connectivity index (χ3n) is 7.58. The van der Waals surface area contributed by atoms with E-state index >= 15 is 0 Å². The number of benzene rings is 3. The van der Waals surface area contributed by atoms with Crippen LogP contribution in [0.2, 0.25) is 0 Å². The van der Waals surface area contributed by atoms with Gasteiger partial charge in [0.15, 0.2) is 5.84 Å². The van der Waals surface area contributed by atoms with E-state index in [9.17, 15) is 18.0 Å². The van der Waals surface area contributed by atoms with E-state index in [0.29, 0.717) is 30.8 Å². The zero-order valence-electron chi connectivity index (χ0n) is 24.4. The number of oxime groups is 1. The Morgan fingerprint density at radius 3 is 2.37 bits per heavy atom. The van der Waals surface area contributed by atoms with Gasteiger partial charge >= 0.3 is 6.03 Å². The third-order valence-corrected chi connectivity index (χ3v) is 9.05. The van der Waals surface area contributed by atoms with E-state index in [2.05, 4.69) is 22.1 Å². The molecule has 1 aliphatic heterocycles. The summed E-state index contributed by atoms with van der Waals surface area (Å²) in [6.07, 6.45) is 4.29. The lowest BCUT2D eigenvalue weighted by atomic mass is 10.0. The number of amidine groups is 1. The smallest absolute Gasteiger partial charge is 0.317 e. The van der Waals surface area contributed by atoms with Gasteiger partial charge in [-0.25, -0.2) is 13.2 Å². The normalized spacial score (nSPS) is 15.0. The number of hydrogen-bond acceptors (Lipinski definition) is 6. The van der Waals surface area contributed by atoms with Crippen molar-refractivity contribution in [2.75, 3.05) is 32.7 Å². The van der Waals surface area contributed by atoms with Gasteiger partial charge in [0.25, 0.3) is 0 Å².